The molecule has 1 fully saturated rings. The van der Waals surface area contributed by atoms with Crippen LogP contribution in [0.4, 0.5) is 9.59 Å². The lowest BCUT2D eigenvalue weighted by molar-refractivity contribution is -0.144. The summed E-state index contributed by atoms with van der Waals surface area (Å²) in [6, 6.07) is 18.8. The normalized spacial score (nSPS) is 19.0. The van der Waals surface area contributed by atoms with Crippen LogP contribution in [0, 0.1) is 5.92 Å². The Kier molecular flexibility index (Phi) is 11.2. The molecule has 10 nitrogen and oxygen atoms in total. The number of amides is 2. The third-order valence-electron chi connectivity index (χ3n) is 7.19. The van der Waals surface area contributed by atoms with Crippen LogP contribution in [-0.4, -0.2) is 81.5 Å². The second-order valence-corrected chi connectivity index (χ2v) is 13.0. The largest absolute Gasteiger partial charge is 0.481 e. The van der Waals surface area contributed by atoms with Crippen LogP contribution < -0.4 is 0 Å². The summed E-state index contributed by atoms with van der Waals surface area (Å²) in [7, 11) is 0. The minimum absolute atomic E-state index is 0.208. The van der Waals surface area contributed by atoms with Gasteiger partial charge < -0.3 is 29.5 Å². The quantitative estimate of drug-likeness (QED) is 0.415. The van der Waals surface area contributed by atoms with E-state index in [0.717, 1.165) is 11.1 Å². The fourth-order valence-electron chi connectivity index (χ4n) is 5.16. The molecule has 2 amide bonds. The lowest BCUT2D eigenvalue weighted by atomic mass is 9.81. The molecule has 2 N–H and O–H groups in total. The van der Waals surface area contributed by atoms with E-state index in [1.54, 1.807) is 9.80 Å². The maximum atomic E-state index is 12.2. The van der Waals surface area contributed by atoms with Crippen molar-refractivity contribution in [1.29, 1.82) is 0 Å². The number of hydrogen-bond acceptors (Lipinski definition) is 6. The van der Waals surface area contributed by atoms with Crippen molar-refractivity contribution in [1.82, 2.24) is 9.80 Å². The first-order valence-electron chi connectivity index (χ1n) is 14.8. The molecule has 2 atom stereocenters. The van der Waals surface area contributed by atoms with E-state index >= 15 is 0 Å². The molecule has 0 radical (unpaired) electrons. The molecule has 0 aliphatic carbocycles. The van der Waals surface area contributed by atoms with Crippen molar-refractivity contribution in [3.63, 3.8) is 0 Å². The van der Waals surface area contributed by atoms with Crippen LogP contribution in [0.3, 0.4) is 0 Å². The molecule has 2 heterocycles. The van der Waals surface area contributed by atoms with Gasteiger partial charge in [-0.15, -0.1) is 0 Å². The van der Waals surface area contributed by atoms with Crippen LogP contribution in [0.1, 0.15) is 71.4 Å². The van der Waals surface area contributed by atoms with Crippen LogP contribution in [-0.2, 0) is 19.1 Å². The van der Waals surface area contributed by atoms with Gasteiger partial charge in [-0.3, -0.25) is 4.79 Å². The number of carboxylic acid groups (broad SMARTS) is 2. The van der Waals surface area contributed by atoms with Gasteiger partial charge in [0.25, 0.3) is 0 Å². The van der Waals surface area contributed by atoms with Crippen molar-refractivity contribution < 1.29 is 38.9 Å². The van der Waals surface area contributed by atoms with Crippen LogP contribution >= 0.6 is 0 Å². The number of hydrogen-bond donors (Lipinski definition) is 2. The highest BCUT2D eigenvalue weighted by molar-refractivity contribution is 5.98. The van der Waals surface area contributed by atoms with E-state index in [2.05, 4.69) is 0 Å². The molecule has 44 heavy (non-hydrogen) atoms. The summed E-state index contributed by atoms with van der Waals surface area (Å²) in [6.45, 7) is 12.3. The van der Waals surface area contributed by atoms with Gasteiger partial charge in [-0.1, -0.05) is 60.7 Å². The Hall–Kier alpha value is -4.34. The summed E-state index contributed by atoms with van der Waals surface area (Å²) in [4.78, 5) is 50.6. The highest BCUT2D eigenvalue weighted by atomic mass is 16.6. The molecule has 0 unspecified atom stereocenters. The van der Waals surface area contributed by atoms with Gasteiger partial charge in [0, 0.05) is 31.1 Å². The summed E-state index contributed by atoms with van der Waals surface area (Å²) in [6.07, 6.45) is -0.0323. The van der Waals surface area contributed by atoms with Gasteiger partial charge in [0.2, 0.25) is 0 Å². The summed E-state index contributed by atoms with van der Waals surface area (Å²) < 4.78 is 10.8. The lowest BCUT2D eigenvalue weighted by Crippen LogP contribution is -2.46. The number of carbonyl (C=O) groups excluding carboxylic acids is 2. The number of nitrogens with zero attached hydrogens (tertiary/aromatic N) is 2. The molecule has 0 aromatic heterocycles. The Balaban J connectivity index is 0.000000240. The van der Waals surface area contributed by atoms with Gasteiger partial charge in [0.05, 0.1) is 12.5 Å². The molecule has 0 bridgehead atoms. The Morgan fingerprint density at radius 2 is 1.27 bits per heavy atom. The predicted molar refractivity (Wildman–Crippen MR) is 166 cm³/mol. The SMILES string of the molecule is CC(C)(C)OC(=O)N1CCC(C(=O)O)=C(c2ccccc2)C1.CC(C)(C)OC(=O)N1CC[C@H](C(=O)O)[C@H](c2ccccc2)C1. The zero-order valence-electron chi connectivity index (χ0n) is 26.4. The second-order valence-electron chi connectivity index (χ2n) is 13.0. The van der Waals surface area contributed by atoms with Gasteiger partial charge in [-0.25, -0.2) is 14.4 Å². The zero-order chi connectivity index (χ0) is 32.7. The molecule has 10 heteroatoms. The maximum Gasteiger partial charge on any atom is 0.410 e. The van der Waals surface area contributed by atoms with Crippen molar-refractivity contribution in [2.24, 2.45) is 5.92 Å². The third-order valence-corrected chi connectivity index (χ3v) is 7.19. The number of piperidine rings is 1. The first kappa shape index (κ1) is 34.2. The van der Waals surface area contributed by atoms with Crippen molar-refractivity contribution in [2.75, 3.05) is 26.2 Å². The fourth-order valence-corrected chi connectivity index (χ4v) is 5.16. The predicted octanol–water partition coefficient (Wildman–Crippen LogP) is 6.28. The van der Waals surface area contributed by atoms with E-state index in [9.17, 15) is 29.4 Å². The molecular weight excluding hydrogens is 564 g/mol. The van der Waals surface area contributed by atoms with E-state index in [0.29, 0.717) is 43.6 Å². The van der Waals surface area contributed by atoms with E-state index in [-0.39, 0.29) is 18.6 Å². The second kappa shape index (κ2) is 14.4. The molecule has 4 rings (SSSR count). The lowest BCUT2D eigenvalue weighted by Gasteiger charge is -2.37. The van der Waals surface area contributed by atoms with Crippen molar-refractivity contribution in [3.05, 3.63) is 77.4 Å². The van der Waals surface area contributed by atoms with Crippen molar-refractivity contribution in [3.8, 4) is 0 Å². The average Bonchev–Trinajstić information content (AvgIpc) is 2.96. The molecule has 2 aromatic rings. The van der Waals surface area contributed by atoms with Crippen LogP contribution in [0.25, 0.3) is 5.57 Å². The minimum atomic E-state index is -0.928. The molecule has 0 saturated carbocycles. The van der Waals surface area contributed by atoms with Gasteiger partial charge >= 0.3 is 24.1 Å². The monoisotopic (exact) mass is 608 g/mol. The number of aliphatic carboxylic acids is 2. The third kappa shape index (κ3) is 9.86. The fraction of sp³-hybridized carbons (Fsp3) is 0.471. The number of ether oxygens (including phenoxy) is 2. The summed E-state index contributed by atoms with van der Waals surface area (Å²) >= 11 is 0. The van der Waals surface area contributed by atoms with Crippen LogP contribution in [0.15, 0.2) is 66.2 Å². The number of rotatable bonds is 4. The summed E-state index contributed by atoms with van der Waals surface area (Å²) in [5.41, 5.74) is 1.69. The van der Waals surface area contributed by atoms with E-state index in [4.69, 9.17) is 9.47 Å². The van der Waals surface area contributed by atoms with Gasteiger partial charge in [-0.05, 0) is 71.1 Å². The van der Waals surface area contributed by atoms with E-state index in [1.165, 1.54) is 0 Å². The Morgan fingerprint density at radius 1 is 0.750 bits per heavy atom. The first-order valence-corrected chi connectivity index (χ1v) is 14.8. The first-order chi connectivity index (χ1) is 20.6. The molecular formula is C34H44N2O8. The average molecular weight is 609 g/mol. The standard InChI is InChI=1S/C17H23NO4.C17H21NO4/c2*1-17(2,3)22-16(21)18-10-9-13(15(19)20)14(11-18)12-7-5-4-6-8-12/h4-8,13-14H,9-11H2,1-3H3,(H,19,20);4-8H,9-11H2,1-3H3,(H,19,20)/t13-,14-;/m0./s1. The van der Waals surface area contributed by atoms with Crippen molar-refractivity contribution >= 4 is 29.7 Å². The molecule has 238 valence electrons. The van der Waals surface area contributed by atoms with Gasteiger partial charge in [-0.2, -0.15) is 0 Å². The molecule has 0 spiro atoms. The summed E-state index contributed by atoms with van der Waals surface area (Å²) in [5, 5.41) is 18.8. The molecule has 2 aliphatic heterocycles. The Labute approximate surface area is 259 Å². The molecule has 1 saturated heterocycles. The number of carboxylic acids is 2. The highest BCUT2D eigenvalue weighted by Gasteiger charge is 2.38. The highest BCUT2D eigenvalue weighted by Crippen LogP contribution is 2.33. The van der Waals surface area contributed by atoms with Gasteiger partial charge in [0.15, 0.2) is 0 Å². The van der Waals surface area contributed by atoms with Gasteiger partial charge in [0.1, 0.15) is 11.2 Å². The van der Waals surface area contributed by atoms with E-state index < -0.39 is 35.2 Å². The summed E-state index contributed by atoms with van der Waals surface area (Å²) in [5.74, 6) is -2.42. The Morgan fingerprint density at radius 3 is 1.77 bits per heavy atom. The zero-order valence-corrected chi connectivity index (χ0v) is 26.4. The maximum absolute atomic E-state index is 12.2. The van der Waals surface area contributed by atoms with Crippen molar-refractivity contribution in [2.45, 2.75) is 71.5 Å². The topological polar surface area (TPSA) is 134 Å². The number of carbonyl (C=O) groups is 4. The minimum Gasteiger partial charge on any atom is -0.481 e. The van der Waals surface area contributed by atoms with Crippen LogP contribution in [0.2, 0.25) is 0 Å². The smallest absolute Gasteiger partial charge is 0.410 e. The van der Waals surface area contributed by atoms with Crippen LogP contribution in [0.5, 0.6) is 0 Å². The number of benzene rings is 2. The Bertz CT molecular complexity index is 1340. The number of likely N-dealkylation sites (tertiary alicyclic amines) is 1. The van der Waals surface area contributed by atoms with E-state index in [1.807, 2.05) is 102 Å². The molecule has 2 aliphatic rings. The molecule has 2 aromatic carbocycles.